The highest BCUT2D eigenvalue weighted by atomic mass is 15.4. The molecule has 0 radical (unpaired) electrons. The van der Waals surface area contributed by atoms with Gasteiger partial charge in [0.2, 0.25) is 0 Å². The molecule has 5 rings (SSSR count). The molecule has 7 heteroatoms. The molecule has 1 aliphatic carbocycles. The number of benzene rings is 1. The molecule has 0 bridgehead atoms. The molecule has 0 aliphatic heterocycles. The summed E-state index contributed by atoms with van der Waals surface area (Å²) in [4.78, 5) is 14.1. The van der Waals surface area contributed by atoms with Crippen molar-refractivity contribution in [1.29, 1.82) is 0 Å². The first-order chi connectivity index (χ1) is 13.9. The van der Waals surface area contributed by atoms with E-state index in [1.165, 1.54) is 37.7 Å². The lowest BCUT2D eigenvalue weighted by Gasteiger charge is -2.24. The van der Waals surface area contributed by atoms with E-state index in [2.05, 4.69) is 49.2 Å². The minimum absolute atomic E-state index is 0.442. The maximum Gasteiger partial charge on any atom is 0.254 e. The van der Waals surface area contributed by atoms with E-state index < -0.39 is 0 Å². The van der Waals surface area contributed by atoms with Crippen molar-refractivity contribution in [3.05, 3.63) is 60.7 Å². The molecule has 1 aromatic carbocycles. The first kappa shape index (κ1) is 16.9. The number of fused-ring (bicyclic) bond motifs is 1. The van der Waals surface area contributed by atoms with E-state index >= 15 is 0 Å². The van der Waals surface area contributed by atoms with E-state index in [9.17, 15) is 0 Å². The Labute approximate surface area is 163 Å². The van der Waals surface area contributed by atoms with E-state index in [1.54, 1.807) is 10.9 Å². The van der Waals surface area contributed by atoms with Crippen LogP contribution in [0.3, 0.4) is 0 Å². The quantitative estimate of drug-likeness (QED) is 0.576. The second-order valence-electron chi connectivity index (χ2n) is 7.33. The fraction of sp³-hybridized carbons (Fsp3) is 0.333. The van der Waals surface area contributed by atoms with Crippen molar-refractivity contribution in [2.24, 2.45) is 0 Å². The lowest BCUT2D eigenvalue weighted by atomic mass is 9.95. The smallest absolute Gasteiger partial charge is 0.254 e. The monoisotopic (exact) mass is 373 g/mol. The molecule has 28 heavy (non-hydrogen) atoms. The number of hydrogen-bond acceptors (Lipinski definition) is 5. The van der Waals surface area contributed by atoms with E-state index in [-0.39, 0.29) is 0 Å². The summed E-state index contributed by atoms with van der Waals surface area (Å²) in [6.45, 7) is 0.737. The number of imidazole rings is 1. The molecule has 1 saturated carbocycles. The van der Waals surface area contributed by atoms with Crippen molar-refractivity contribution in [3.63, 3.8) is 0 Å². The van der Waals surface area contributed by atoms with Gasteiger partial charge < -0.3 is 9.88 Å². The van der Waals surface area contributed by atoms with Gasteiger partial charge in [0.1, 0.15) is 5.52 Å². The predicted molar refractivity (Wildman–Crippen MR) is 108 cm³/mol. The molecule has 0 saturated heterocycles. The van der Waals surface area contributed by atoms with Gasteiger partial charge in [-0.15, -0.1) is 0 Å². The number of nitrogens with zero attached hydrogens (tertiary/aromatic N) is 6. The Morgan fingerprint density at radius 1 is 1.00 bits per heavy atom. The number of hydrogen-bond donors (Lipinski definition) is 1. The van der Waals surface area contributed by atoms with Crippen molar-refractivity contribution in [2.75, 3.05) is 5.32 Å². The standard InChI is InChI=1S/C21H23N7/c1-3-8-16(9-4-1)14-27-15-22-19-18(27)20(24-17-10-5-2-6-11-17)26-21(25-19)28-13-7-12-23-28/h1,3-4,7-9,12-13,15,17H,2,5-6,10-11,14H2,(H,24,25,26). The van der Waals surface area contributed by atoms with E-state index in [4.69, 9.17) is 4.98 Å². The van der Waals surface area contributed by atoms with Crippen LogP contribution in [0.5, 0.6) is 0 Å². The lowest BCUT2D eigenvalue weighted by molar-refractivity contribution is 0.462. The zero-order valence-corrected chi connectivity index (χ0v) is 15.7. The van der Waals surface area contributed by atoms with Crippen molar-refractivity contribution < 1.29 is 0 Å². The molecule has 0 unspecified atom stereocenters. The van der Waals surface area contributed by atoms with Crippen molar-refractivity contribution in [3.8, 4) is 5.95 Å². The number of aromatic nitrogens is 6. The van der Waals surface area contributed by atoms with Gasteiger partial charge in [0.15, 0.2) is 11.5 Å². The summed E-state index contributed by atoms with van der Waals surface area (Å²) < 4.78 is 3.81. The SMILES string of the molecule is c1ccc(Cn2cnc3nc(-n4cccn4)nc(NC4CCCCC4)c32)cc1. The van der Waals surface area contributed by atoms with Gasteiger partial charge >= 0.3 is 0 Å². The third kappa shape index (κ3) is 3.35. The molecule has 1 fully saturated rings. The molecular formula is C21H23N7. The summed E-state index contributed by atoms with van der Waals surface area (Å²) in [5.41, 5.74) is 2.86. The lowest BCUT2D eigenvalue weighted by Crippen LogP contribution is -2.24. The van der Waals surface area contributed by atoms with Gasteiger partial charge in [-0.25, -0.2) is 9.67 Å². The molecule has 1 N–H and O–H groups in total. The first-order valence-electron chi connectivity index (χ1n) is 9.90. The second kappa shape index (κ2) is 7.42. The van der Waals surface area contributed by atoms with Crippen LogP contribution >= 0.6 is 0 Å². The Kier molecular flexibility index (Phi) is 4.48. The van der Waals surface area contributed by atoms with Crippen LogP contribution in [0.4, 0.5) is 5.82 Å². The highest BCUT2D eigenvalue weighted by molar-refractivity contribution is 5.84. The summed E-state index contributed by atoms with van der Waals surface area (Å²) in [5.74, 6) is 1.39. The van der Waals surface area contributed by atoms with Crippen LogP contribution in [-0.4, -0.2) is 35.3 Å². The highest BCUT2D eigenvalue weighted by Gasteiger charge is 2.19. The van der Waals surface area contributed by atoms with Crippen molar-refractivity contribution in [1.82, 2.24) is 29.3 Å². The van der Waals surface area contributed by atoms with Gasteiger partial charge in [-0.1, -0.05) is 49.6 Å². The Morgan fingerprint density at radius 2 is 1.86 bits per heavy atom. The van der Waals surface area contributed by atoms with Gasteiger partial charge in [-0.2, -0.15) is 15.1 Å². The molecule has 0 atom stereocenters. The molecule has 3 heterocycles. The summed E-state index contributed by atoms with van der Waals surface area (Å²) in [7, 11) is 0. The largest absolute Gasteiger partial charge is 0.365 e. The Morgan fingerprint density at radius 3 is 2.64 bits per heavy atom. The average Bonchev–Trinajstić information content (AvgIpc) is 3.40. The van der Waals surface area contributed by atoms with Gasteiger partial charge in [0, 0.05) is 25.0 Å². The molecule has 4 aromatic rings. The summed E-state index contributed by atoms with van der Waals surface area (Å²) >= 11 is 0. The zero-order valence-electron chi connectivity index (χ0n) is 15.7. The van der Waals surface area contributed by atoms with Crippen LogP contribution in [0, 0.1) is 0 Å². The van der Waals surface area contributed by atoms with Crippen LogP contribution in [0.25, 0.3) is 17.1 Å². The Bertz CT molecular complexity index is 1050. The third-order valence-corrected chi connectivity index (χ3v) is 5.31. The van der Waals surface area contributed by atoms with Crippen LogP contribution in [0.15, 0.2) is 55.1 Å². The van der Waals surface area contributed by atoms with Crippen molar-refractivity contribution >= 4 is 17.0 Å². The fourth-order valence-corrected chi connectivity index (χ4v) is 3.90. The number of rotatable bonds is 5. The minimum Gasteiger partial charge on any atom is -0.365 e. The van der Waals surface area contributed by atoms with Crippen molar-refractivity contribution in [2.45, 2.75) is 44.7 Å². The topological polar surface area (TPSA) is 73.5 Å². The van der Waals surface area contributed by atoms with Crippen LogP contribution in [-0.2, 0) is 6.54 Å². The Balaban J connectivity index is 1.58. The molecule has 3 aromatic heterocycles. The normalized spacial score (nSPS) is 15.1. The second-order valence-corrected chi connectivity index (χ2v) is 7.33. The molecule has 0 amide bonds. The predicted octanol–water partition coefficient (Wildman–Crippen LogP) is 3.80. The van der Waals surface area contributed by atoms with Crippen LogP contribution in [0.2, 0.25) is 0 Å². The molecule has 1 aliphatic rings. The van der Waals surface area contributed by atoms with Gasteiger partial charge in [0.25, 0.3) is 5.95 Å². The number of nitrogens with one attached hydrogen (secondary N) is 1. The molecular weight excluding hydrogens is 350 g/mol. The third-order valence-electron chi connectivity index (χ3n) is 5.31. The van der Waals surface area contributed by atoms with Crippen LogP contribution < -0.4 is 5.32 Å². The average molecular weight is 373 g/mol. The molecule has 0 spiro atoms. The minimum atomic E-state index is 0.442. The summed E-state index contributed by atoms with van der Waals surface area (Å²) in [6, 6.07) is 12.7. The first-order valence-corrected chi connectivity index (χ1v) is 9.90. The maximum atomic E-state index is 4.83. The summed E-state index contributed by atoms with van der Waals surface area (Å²) in [6.07, 6.45) is 11.6. The fourth-order valence-electron chi connectivity index (χ4n) is 3.90. The maximum absolute atomic E-state index is 4.83. The number of anilines is 1. The van der Waals surface area contributed by atoms with Crippen LogP contribution in [0.1, 0.15) is 37.7 Å². The zero-order chi connectivity index (χ0) is 18.8. The van der Waals surface area contributed by atoms with E-state index in [0.29, 0.717) is 17.6 Å². The molecule has 7 nitrogen and oxygen atoms in total. The van der Waals surface area contributed by atoms with Gasteiger partial charge in [-0.05, 0) is 24.5 Å². The highest BCUT2D eigenvalue weighted by Crippen LogP contribution is 2.26. The molecule has 142 valence electrons. The van der Waals surface area contributed by atoms with Gasteiger partial charge in [0.05, 0.1) is 6.33 Å². The van der Waals surface area contributed by atoms with E-state index in [0.717, 1.165) is 17.9 Å². The van der Waals surface area contributed by atoms with Gasteiger partial charge in [-0.3, -0.25) is 0 Å². The summed E-state index contributed by atoms with van der Waals surface area (Å²) in [5, 5.41) is 7.97. The Hall–Kier alpha value is -3.22. The van der Waals surface area contributed by atoms with E-state index in [1.807, 2.05) is 24.7 Å².